The number of hydrogen-bond acceptors (Lipinski definition) is 4. The molecule has 29 heavy (non-hydrogen) atoms. The zero-order chi connectivity index (χ0) is 19.6. The van der Waals surface area contributed by atoms with Crippen molar-refractivity contribution >= 4 is 5.95 Å². The van der Waals surface area contributed by atoms with Gasteiger partial charge in [-0.1, -0.05) is 48.2 Å². The van der Waals surface area contributed by atoms with Gasteiger partial charge in [0.1, 0.15) is 0 Å². The van der Waals surface area contributed by atoms with Gasteiger partial charge in [-0.3, -0.25) is 0 Å². The third-order valence-corrected chi connectivity index (χ3v) is 5.19. The highest BCUT2D eigenvalue weighted by Crippen LogP contribution is 2.37. The third kappa shape index (κ3) is 3.48. The quantitative estimate of drug-likeness (QED) is 0.541. The van der Waals surface area contributed by atoms with Crippen molar-refractivity contribution in [3.8, 4) is 17.5 Å². The highest BCUT2D eigenvalue weighted by atomic mass is 15.3. The van der Waals surface area contributed by atoms with E-state index in [-0.39, 0.29) is 5.95 Å². The molecule has 1 aliphatic rings. The summed E-state index contributed by atoms with van der Waals surface area (Å²) in [5, 5.41) is 4.92. The lowest BCUT2D eigenvalue weighted by Crippen LogP contribution is -2.01. The third-order valence-electron chi connectivity index (χ3n) is 5.19. The largest absolute Gasteiger partial charge is 0.368 e. The number of nitrogen functional groups attached to an aromatic ring is 1. The molecule has 5 heteroatoms. The van der Waals surface area contributed by atoms with Crippen LogP contribution in [-0.2, 0) is 6.42 Å². The monoisotopic (exact) mass is 377 g/mol. The van der Waals surface area contributed by atoms with Gasteiger partial charge in [0.2, 0.25) is 5.95 Å². The average Bonchev–Trinajstić information content (AvgIpc) is 3.35. The number of hydrogen-bond donors (Lipinski definition) is 1. The average molecular weight is 377 g/mol. The number of rotatable bonds is 2. The van der Waals surface area contributed by atoms with E-state index in [1.54, 1.807) is 12.4 Å². The molecule has 4 aromatic rings. The highest BCUT2D eigenvalue weighted by Gasteiger charge is 2.27. The fourth-order valence-corrected chi connectivity index (χ4v) is 3.76. The maximum Gasteiger partial charge on any atom is 0.219 e. The molecule has 140 valence electrons. The SMILES string of the molecule is Nc1ncc(C#Cc2cccc(-n3cc4c(n3)C(c3ccccc3)CC4)c2)cn1. The second-order valence-electron chi connectivity index (χ2n) is 7.12. The summed E-state index contributed by atoms with van der Waals surface area (Å²) in [6.07, 6.45) is 7.59. The van der Waals surface area contributed by atoms with Crippen molar-refractivity contribution in [1.29, 1.82) is 0 Å². The molecule has 0 radical (unpaired) electrons. The summed E-state index contributed by atoms with van der Waals surface area (Å²) in [6.45, 7) is 0. The van der Waals surface area contributed by atoms with Gasteiger partial charge in [0.25, 0.3) is 0 Å². The molecule has 0 spiro atoms. The first kappa shape index (κ1) is 17.2. The first-order valence-electron chi connectivity index (χ1n) is 9.59. The Morgan fingerprint density at radius 2 is 1.72 bits per heavy atom. The van der Waals surface area contributed by atoms with E-state index < -0.39 is 0 Å². The van der Waals surface area contributed by atoms with Crippen LogP contribution in [0.15, 0.2) is 73.2 Å². The molecule has 1 aliphatic carbocycles. The maximum atomic E-state index is 5.52. The van der Waals surface area contributed by atoms with Crippen LogP contribution in [-0.4, -0.2) is 19.7 Å². The molecule has 2 heterocycles. The Kier molecular flexibility index (Phi) is 4.30. The van der Waals surface area contributed by atoms with E-state index in [1.165, 1.54) is 16.8 Å². The second-order valence-corrected chi connectivity index (χ2v) is 7.12. The van der Waals surface area contributed by atoms with Crippen molar-refractivity contribution in [2.45, 2.75) is 18.8 Å². The van der Waals surface area contributed by atoms with Gasteiger partial charge < -0.3 is 5.73 Å². The van der Waals surface area contributed by atoms with Crippen molar-refractivity contribution in [1.82, 2.24) is 19.7 Å². The smallest absolute Gasteiger partial charge is 0.219 e. The van der Waals surface area contributed by atoms with Gasteiger partial charge >= 0.3 is 0 Å². The van der Waals surface area contributed by atoms with Crippen LogP contribution in [0.1, 0.15) is 40.3 Å². The summed E-state index contributed by atoms with van der Waals surface area (Å²) < 4.78 is 1.97. The standard InChI is InChI=1S/C24H19N5/c25-24-26-14-18(15-27-24)10-9-17-5-4-8-21(13-17)29-16-20-11-12-22(23(20)28-29)19-6-2-1-3-7-19/h1-8,13-16,22H,11-12H2,(H2,25,26,27). The van der Waals surface area contributed by atoms with Crippen LogP contribution < -0.4 is 5.73 Å². The Bertz CT molecular complexity index is 1210. The van der Waals surface area contributed by atoms with Gasteiger partial charge in [0.15, 0.2) is 0 Å². The van der Waals surface area contributed by atoms with Gasteiger partial charge in [-0.2, -0.15) is 5.10 Å². The van der Waals surface area contributed by atoms with E-state index in [0.29, 0.717) is 5.92 Å². The van der Waals surface area contributed by atoms with Gasteiger partial charge in [0.05, 0.1) is 16.9 Å². The topological polar surface area (TPSA) is 69.6 Å². The van der Waals surface area contributed by atoms with Gasteiger partial charge in [-0.25, -0.2) is 14.6 Å². The van der Waals surface area contributed by atoms with E-state index in [1.807, 2.05) is 22.9 Å². The Morgan fingerprint density at radius 1 is 0.931 bits per heavy atom. The molecule has 2 aromatic carbocycles. The summed E-state index contributed by atoms with van der Waals surface area (Å²) >= 11 is 0. The number of aryl methyl sites for hydroxylation is 1. The summed E-state index contributed by atoms with van der Waals surface area (Å²) in [4.78, 5) is 7.93. The van der Waals surface area contributed by atoms with Crippen LogP contribution >= 0.6 is 0 Å². The fourth-order valence-electron chi connectivity index (χ4n) is 3.76. The second kappa shape index (κ2) is 7.25. The Hall–Kier alpha value is -3.91. The van der Waals surface area contributed by atoms with Crippen molar-refractivity contribution in [3.05, 3.63) is 101 Å². The molecule has 0 fully saturated rings. The van der Waals surface area contributed by atoms with Crippen molar-refractivity contribution in [3.63, 3.8) is 0 Å². The molecule has 5 nitrogen and oxygen atoms in total. The summed E-state index contributed by atoms with van der Waals surface area (Å²) in [6, 6.07) is 18.7. The predicted octanol–water partition coefficient (Wildman–Crippen LogP) is 3.72. The minimum Gasteiger partial charge on any atom is -0.368 e. The number of nitrogens with zero attached hydrogens (tertiary/aromatic N) is 4. The summed E-state index contributed by atoms with van der Waals surface area (Å²) in [5.74, 6) is 6.86. The minimum atomic E-state index is 0.248. The lowest BCUT2D eigenvalue weighted by Gasteiger charge is -2.10. The molecule has 1 unspecified atom stereocenters. The number of aromatic nitrogens is 4. The van der Waals surface area contributed by atoms with Crippen molar-refractivity contribution in [2.24, 2.45) is 0 Å². The first-order chi connectivity index (χ1) is 14.3. The lowest BCUT2D eigenvalue weighted by molar-refractivity contribution is 0.726. The van der Waals surface area contributed by atoms with E-state index in [2.05, 4.69) is 64.4 Å². The van der Waals surface area contributed by atoms with Crippen LogP contribution in [0.5, 0.6) is 0 Å². The molecule has 2 aromatic heterocycles. The number of benzene rings is 2. The Morgan fingerprint density at radius 3 is 2.55 bits per heavy atom. The van der Waals surface area contributed by atoms with E-state index in [4.69, 9.17) is 10.8 Å². The zero-order valence-electron chi connectivity index (χ0n) is 15.8. The molecule has 0 bridgehead atoms. The maximum absolute atomic E-state index is 5.52. The molecule has 1 atom stereocenters. The van der Waals surface area contributed by atoms with E-state index >= 15 is 0 Å². The molecular weight excluding hydrogens is 358 g/mol. The van der Waals surface area contributed by atoms with Gasteiger partial charge in [-0.15, -0.1) is 0 Å². The lowest BCUT2D eigenvalue weighted by atomic mass is 9.97. The Balaban J connectivity index is 1.43. The number of anilines is 1. The summed E-state index contributed by atoms with van der Waals surface area (Å²) in [7, 11) is 0. The highest BCUT2D eigenvalue weighted by molar-refractivity contribution is 5.47. The van der Waals surface area contributed by atoms with Crippen LogP contribution in [0, 0.1) is 11.8 Å². The van der Waals surface area contributed by atoms with Crippen LogP contribution in [0.2, 0.25) is 0 Å². The van der Waals surface area contributed by atoms with E-state index in [9.17, 15) is 0 Å². The Labute approximate surface area is 169 Å². The zero-order valence-corrected chi connectivity index (χ0v) is 15.8. The van der Waals surface area contributed by atoms with Gasteiger partial charge in [-0.05, 0) is 42.2 Å². The minimum absolute atomic E-state index is 0.248. The molecule has 0 saturated heterocycles. The normalized spacial score (nSPS) is 14.8. The fraction of sp³-hybridized carbons (Fsp3) is 0.125. The van der Waals surface area contributed by atoms with Crippen molar-refractivity contribution in [2.75, 3.05) is 5.73 Å². The molecule has 2 N–H and O–H groups in total. The summed E-state index contributed by atoms with van der Waals surface area (Å²) in [5.41, 5.74) is 12.0. The van der Waals surface area contributed by atoms with Gasteiger partial charge in [0, 0.05) is 30.1 Å². The molecule has 0 amide bonds. The predicted molar refractivity (Wildman–Crippen MR) is 113 cm³/mol. The number of fused-ring (bicyclic) bond motifs is 1. The molecular formula is C24H19N5. The molecule has 0 saturated carbocycles. The molecule has 5 rings (SSSR count). The van der Waals surface area contributed by atoms with Crippen molar-refractivity contribution < 1.29 is 0 Å². The molecule has 0 aliphatic heterocycles. The van der Waals surface area contributed by atoms with E-state index in [0.717, 1.165) is 29.7 Å². The van der Waals surface area contributed by atoms with Crippen LogP contribution in [0.4, 0.5) is 5.95 Å². The van der Waals surface area contributed by atoms with Crippen LogP contribution in [0.25, 0.3) is 5.69 Å². The first-order valence-corrected chi connectivity index (χ1v) is 9.59. The number of nitrogens with two attached hydrogens (primary N) is 1. The van der Waals surface area contributed by atoms with Crippen LogP contribution in [0.3, 0.4) is 0 Å².